The predicted molar refractivity (Wildman–Crippen MR) is 89.3 cm³/mol. The highest BCUT2D eigenvalue weighted by atomic mass is 79.9. The molecule has 108 valence electrons. The van der Waals surface area contributed by atoms with E-state index < -0.39 is 0 Å². The van der Waals surface area contributed by atoms with Gasteiger partial charge in [0.15, 0.2) is 0 Å². The number of fused-ring (bicyclic) bond motifs is 1. The van der Waals surface area contributed by atoms with Gasteiger partial charge in [-0.2, -0.15) is 0 Å². The summed E-state index contributed by atoms with van der Waals surface area (Å²) in [5, 5.41) is 3.66. The molecule has 0 saturated heterocycles. The number of nitrogens with one attached hydrogen (secondary N) is 1. The van der Waals surface area contributed by atoms with Gasteiger partial charge in [0, 0.05) is 22.0 Å². The summed E-state index contributed by atoms with van der Waals surface area (Å²) in [6.45, 7) is 0.725. The number of hydrogen-bond acceptors (Lipinski definition) is 1. The van der Waals surface area contributed by atoms with Crippen LogP contribution in [0.5, 0.6) is 0 Å². The van der Waals surface area contributed by atoms with E-state index in [9.17, 15) is 4.79 Å². The second-order valence-electron chi connectivity index (χ2n) is 5.19. The summed E-state index contributed by atoms with van der Waals surface area (Å²) in [7, 11) is 0. The molecule has 1 aliphatic heterocycles. The lowest BCUT2D eigenvalue weighted by Gasteiger charge is -2.19. The highest BCUT2D eigenvalue weighted by molar-refractivity contribution is 9.09. The van der Waals surface area contributed by atoms with Gasteiger partial charge in [-0.05, 0) is 41.7 Å². The third-order valence-corrected chi connectivity index (χ3v) is 5.00. The van der Waals surface area contributed by atoms with E-state index in [1.807, 2.05) is 30.3 Å². The Morgan fingerprint density at radius 3 is 2.86 bits per heavy atom. The van der Waals surface area contributed by atoms with Crippen molar-refractivity contribution in [3.8, 4) is 0 Å². The zero-order valence-electron chi connectivity index (χ0n) is 11.4. The molecule has 3 rings (SSSR count). The van der Waals surface area contributed by atoms with Crippen molar-refractivity contribution in [1.82, 2.24) is 5.32 Å². The first-order valence-corrected chi connectivity index (χ1v) is 8.23. The molecule has 0 spiro atoms. The molecule has 4 heteroatoms. The Morgan fingerprint density at radius 1 is 1.24 bits per heavy atom. The van der Waals surface area contributed by atoms with Crippen LogP contribution >= 0.6 is 27.5 Å². The van der Waals surface area contributed by atoms with Crippen molar-refractivity contribution in [2.75, 3.05) is 6.54 Å². The summed E-state index contributed by atoms with van der Waals surface area (Å²) in [5.41, 5.74) is 4.12. The van der Waals surface area contributed by atoms with Crippen LogP contribution in [-0.2, 0) is 12.8 Å². The van der Waals surface area contributed by atoms with Gasteiger partial charge in [0.25, 0.3) is 5.91 Å². The number of rotatable bonds is 3. The molecule has 2 aromatic rings. The van der Waals surface area contributed by atoms with E-state index >= 15 is 0 Å². The molecule has 0 fully saturated rings. The molecule has 1 amide bonds. The number of alkyl halides is 1. The number of hydrogen-bond donors (Lipinski definition) is 1. The number of carbonyl (C=O) groups excluding carboxylic acids is 1. The molecule has 0 saturated carbocycles. The number of carbonyl (C=O) groups is 1. The average Bonchev–Trinajstić information content (AvgIpc) is 2.50. The maximum atomic E-state index is 11.9. The lowest BCUT2D eigenvalue weighted by Crippen LogP contribution is -2.31. The molecule has 1 unspecified atom stereocenters. The summed E-state index contributed by atoms with van der Waals surface area (Å²) in [5.74, 6) is 0.0237. The second-order valence-corrected chi connectivity index (χ2v) is 6.70. The van der Waals surface area contributed by atoms with Gasteiger partial charge in [-0.3, -0.25) is 4.79 Å². The molecule has 2 aromatic carbocycles. The molecule has 1 heterocycles. The highest BCUT2D eigenvalue weighted by Gasteiger charge is 2.19. The first-order valence-electron chi connectivity index (χ1n) is 6.93. The van der Waals surface area contributed by atoms with Crippen LogP contribution in [-0.4, -0.2) is 12.5 Å². The maximum absolute atomic E-state index is 11.9. The summed E-state index contributed by atoms with van der Waals surface area (Å²) in [6, 6.07) is 14.0. The zero-order valence-corrected chi connectivity index (χ0v) is 13.7. The fourth-order valence-corrected chi connectivity index (χ4v) is 3.45. The highest BCUT2D eigenvalue weighted by Crippen LogP contribution is 2.31. The minimum atomic E-state index is 0.0237. The summed E-state index contributed by atoms with van der Waals surface area (Å²) in [6.07, 6.45) is 1.69. The molecule has 0 radical (unpaired) electrons. The van der Waals surface area contributed by atoms with E-state index in [4.69, 9.17) is 11.6 Å². The number of amides is 1. The Balaban J connectivity index is 1.85. The number of benzene rings is 2. The monoisotopic (exact) mass is 363 g/mol. The minimum Gasteiger partial charge on any atom is -0.352 e. The minimum absolute atomic E-state index is 0.0237. The van der Waals surface area contributed by atoms with Crippen LogP contribution in [0, 0.1) is 0 Å². The van der Waals surface area contributed by atoms with Crippen LogP contribution < -0.4 is 5.32 Å². The fourth-order valence-electron chi connectivity index (χ4n) is 2.60. The first-order chi connectivity index (χ1) is 10.1. The molecule has 0 aliphatic carbocycles. The van der Waals surface area contributed by atoms with Crippen LogP contribution in [0.4, 0.5) is 0 Å². The largest absolute Gasteiger partial charge is 0.352 e. The Morgan fingerprint density at radius 2 is 2.05 bits per heavy atom. The van der Waals surface area contributed by atoms with Crippen LogP contribution in [0.1, 0.15) is 31.9 Å². The standard InChI is InChI=1S/C17H15BrClNO/c18-15(10-13-3-1-2-4-16(13)19)12-6-5-11-7-8-20-17(21)14(11)9-12/h1-6,9,15H,7-8,10H2,(H,20,21). The molecule has 1 aliphatic rings. The van der Waals surface area contributed by atoms with Gasteiger partial charge in [0.1, 0.15) is 0 Å². The van der Waals surface area contributed by atoms with Gasteiger partial charge in [-0.25, -0.2) is 0 Å². The van der Waals surface area contributed by atoms with E-state index in [1.54, 1.807) is 0 Å². The molecular weight excluding hydrogens is 350 g/mol. The van der Waals surface area contributed by atoms with Crippen LogP contribution in [0.25, 0.3) is 0 Å². The van der Waals surface area contributed by atoms with Gasteiger partial charge in [0.05, 0.1) is 0 Å². The normalized spacial score (nSPS) is 15.2. The molecule has 0 aromatic heterocycles. The third kappa shape index (κ3) is 3.14. The van der Waals surface area contributed by atoms with E-state index in [0.717, 1.165) is 46.7 Å². The Hall–Kier alpha value is -1.32. The maximum Gasteiger partial charge on any atom is 0.251 e. The molecule has 1 N–H and O–H groups in total. The van der Waals surface area contributed by atoms with Gasteiger partial charge in [-0.15, -0.1) is 0 Å². The van der Waals surface area contributed by atoms with Crippen molar-refractivity contribution in [2.24, 2.45) is 0 Å². The van der Waals surface area contributed by atoms with Gasteiger partial charge >= 0.3 is 0 Å². The summed E-state index contributed by atoms with van der Waals surface area (Å²) >= 11 is 9.92. The molecule has 0 bridgehead atoms. The van der Waals surface area contributed by atoms with Gasteiger partial charge < -0.3 is 5.32 Å². The van der Waals surface area contributed by atoms with Crippen molar-refractivity contribution >= 4 is 33.4 Å². The quantitative estimate of drug-likeness (QED) is 0.808. The first kappa shape index (κ1) is 14.6. The molecule has 1 atom stereocenters. The van der Waals surface area contributed by atoms with Crippen molar-refractivity contribution in [3.63, 3.8) is 0 Å². The third-order valence-electron chi connectivity index (χ3n) is 3.78. The Labute approximate surface area is 137 Å². The lowest BCUT2D eigenvalue weighted by atomic mass is 9.95. The second kappa shape index (κ2) is 6.20. The smallest absolute Gasteiger partial charge is 0.251 e. The molecule has 2 nitrogen and oxygen atoms in total. The summed E-state index contributed by atoms with van der Waals surface area (Å²) in [4.78, 5) is 12.1. The lowest BCUT2D eigenvalue weighted by molar-refractivity contribution is 0.0946. The Kier molecular flexibility index (Phi) is 4.32. The molecule has 21 heavy (non-hydrogen) atoms. The van der Waals surface area contributed by atoms with Crippen LogP contribution in [0.3, 0.4) is 0 Å². The summed E-state index contributed by atoms with van der Waals surface area (Å²) < 4.78 is 0. The van der Waals surface area contributed by atoms with Gasteiger partial charge in [0.2, 0.25) is 0 Å². The van der Waals surface area contributed by atoms with E-state index in [2.05, 4.69) is 33.4 Å². The van der Waals surface area contributed by atoms with E-state index in [-0.39, 0.29) is 10.7 Å². The average molecular weight is 365 g/mol. The predicted octanol–water partition coefficient (Wildman–Crippen LogP) is 4.30. The number of halogens is 2. The van der Waals surface area contributed by atoms with E-state index in [0.29, 0.717) is 0 Å². The van der Waals surface area contributed by atoms with Crippen LogP contribution in [0.15, 0.2) is 42.5 Å². The van der Waals surface area contributed by atoms with Crippen molar-refractivity contribution < 1.29 is 4.79 Å². The van der Waals surface area contributed by atoms with E-state index in [1.165, 1.54) is 0 Å². The topological polar surface area (TPSA) is 29.1 Å². The van der Waals surface area contributed by atoms with Crippen molar-refractivity contribution in [1.29, 1.82) is 0 Å². The zero-order chi connectivity index (χ0) is 14.8. The van der Waals surface area contributed by atoms with Crippen molar-refractivity contribution in [3.05, 3.63) is 69.7 Å². The molecular formula is C17H15BrClNO. The van der Waals surface area contributed by atoms with Gasteiger partial charge in [-0.1, -0.05) is 57.9 Å². The Bertz CT molecular complexity index is 686. The van der Waals surface area contributed by atoms with Crippen molar-refractivity contribution in [2.45, 2.75) is 17.7 Å². The fraction of sp³-hybridized carbons (Fsp3) is 0.235. The van der Waals surface area contributed by atoms with Crippen LogP contribution in [0.2, 0.25) is 5.02 Å². The SMILES string of the molecule is O=C1NCCc2ccc(C(Br)Cc3ccccc3Cl)cc21.